The SMILES string of the molecule is C=CC(=O)N1CCN(c2nc(=O)n(-c3c(C)ccnc3C(C)C)c3c4c(c(C)cc23)-c2c(P)cccc2CO4)[C@@H](C)C1. The minimum Gasteiger partial charge on any atom is -0.486 e. The molecule has 0 bridgehead atoms. The summed E-state index contributed by atoms with van der Waals surface area (Å²) in [5, 5.41) is 1.92. The molecule has 4 aromatic rings. The number of hydrogen-bond donors (Lipinski definition) is 0. The lowest BCUT2D eigenvalue weighted by Crippen LogP contribution is -2.54. The first-order chi connectivity index (χ1) is 20.1. The number of rotatable bonds is 4. The van der Waals surface area contributed by atoms with E-state index in [0.717, 1.165) is 49.9 Å². The molecule has 0 radical (unpaired) electrons. The van der Waals surface area contributed by atoms with Crippen molar-refractivity contribution in [2.75, 3.05) is 24.5 Å². The number of benzene rings is 2. The molecule has 4 heterocycles. The predicted octanol–water partition coefficient (Wildman–Crippen LogP) is 4.80. The van der Waals surface area contributed by atoms with Gasteiger partial charge in [-0.2, -0.15) is 4.98 Å². The number of aryl methyl sites for hydroxylation is 2. The normalized spacial score (nSPS) is 16.3. The highest BCUT2D eigenvalue weighted by atomic mass is 31.0. The number of fused-ring (bicyclic) bond motifs is 5. The first kappa shape index (κ1) is 28.1. The molecule has 2 aromatic carbocycles. The zero-order chi connectivity index (χ0) is 29.9. The first-order valence-corrected chi connectivity index (χ1v) is 14.9. The van der Waals surface area contributed by atoms with Crippen LogP contribution in [0, 0.1) is 13.8 Å². The Morgan fingerprint density at radius 1 is 1.17 bits per heavy atom. The van der Waals surface area contributed by atoms with Crippen LogP contribution < -0.4 is 20.6 Å². The molecule has 42 heavy (non-hydrogen) atoms. The van der Waals surface area contributed by atoms with Crippen molar-refractivity contribution in [2.24, 2.45) is 0 Å². The van der Waals surface area contributed by atoms with Crippen LogP contribution in [-0.4, -0.2) is 51.0 Å². The molecule has 1 amide bonds. The lowest BCUT2D eigenvalue weighted by atomic mass is 9.91. The Bertz CT molecular complexity index is 1830. The van der Waals surface area contributed by atoms with Crippen molar-refractivity contribution in [2.45, 2.75) is 53.2 Å². The van der Waals surface area contributed by atoms with E-state index >= 15 is 0 Å². The molecule has 6 rings (SSSR count). The molecule has 1 unspecified atom stereocenters. The summed E-state index contributed by atoms with van der Waals surface area (Å²) in [6.45, 7) is 15.9. The Kier molecular flexibility index (Phi) is 7.14. The van der Waals surface area contributed by atoms with Crippen LogP contribution >= 0.6 is 9.24 Å². The van der Waals surface area contributed by atoms with Crippen LogP contribution in [0.5, 0.6) is 5.75 Å². The molecule has 2 aliphatic rings. The van der Waals surface area contributed by atoms with E-state index in [-0.39, 0.29) is 23.6 Å². The highest BCUT2D eigenvalue weighted by molar-refractivity contribution is 7.28. The van der Waals surface area contributed by atoms with Crippen molar-refractivity contribution < 1.29 is 9.53 Å². The van der Waals surface area contributed by atoms with Gasteiger partial charge in [0.15, 0.2) is 5.75 Å². The van der Waals surface area contributed by atoms with Gasteiger partial charge in [-0.15, -0.1) is 9.24 Å². The summed E-state index contributed by atoms with van der Waals surface area (Å²) in [6, 6.07) is 10.2. The summed E-state index contributed by atoms with van der Waals surface area (Å²) in [5.74, 6) is 1.28. The van der Waals surface area contributed by atoms with Crippen molar-refractivity contribution in [1.82, 2.24) is 19.4 Å². The molecule has 0 saturated carbocycles. The topological polar surface area (TPSA) is 80.6 Å². The summed E-state index contributed by atoms with van der Waals surface area (Å²) in [4.78, 5) is 40.1. The van der Waals surface area contributed by atoms with E-state index in [1.165, 1.54) is 6.08 Å². The third-order valence-electron chi connectivity index (χ3n) is 8.43. The van der Waals surface area contributed by atoms with E-state index in [1.807, 2.05) is 19.1 Å². The standard InChI is InChI=1S/C33H36N5O3P/c1-7-25(39)36-13-14-37(21(6)16-36)32-23-15-20(5)26-27-22(9-8-10-24(27)42)17-41-31(26)30(23)38(33(40)35-32)29-19(4)11-12-34-28(29)18(2)3/h7-12,15,18,21H,1,13-14,16-17,42H2,2-6H3/t21-/m0/s1. The molecule has 2 aliphatic heterocycles. The van der Waals surface area contributed by atoms with Crippen LogP contribution in [0.3, 0.4) is 0 Å². The fraction of sp³-hybridized carbons (Fsp3) is 0.333. The molecular formula is C33H36N5O3P. The van der Waals surface area contributed by atoms with Crippen LogP contribution in [0.4, 0.5) is 5.82 Å². The van der Waals surface area contributed by atoms with Gasteiger partial charge in [-0.25, -0.2) is 4.79 Å². The highest BCUT2D eigenvalue weighted by Crippen LogP contribution is 2.46. The molecule has 2 aromatic heterocycles. The second kappa shape index (κ2) is 10.7. The lowest BCUT2D eigenvalue weighted by molar-refractivity contribution is -0.126. The maximum Gasteiger partial charge on any atom is 0.354 e. The van der Waals surface area contributed by atoms with Crippen molar-refractivity contribution >= 4 is 37.2 Å². The minimum atomic E-state index is -0.382. The Morgan fingerprint density at radius 3 is 2.67 bits per heavy atom. The number of carbonyl (C=O) groups excluding carboxylic acids is 1. The summed E-state index contributed by atoms with van der Waals surface area (Å²) in [7, 11) is 2.86. The molecule has 0 aliphatic carbocycles. The molecule has 2 atom stereocenters. The van der Waals surface area contributed by atoms with Gasteiger partial charge >= 0.3 is 5.69 Å². The molecule has 1 saturated heterocycles. The maximum absolute atomic E-state index is 14.3. The monoisotopic (exact) mass is 581 g/mol. The number of anilines is 1. The number of amides is 1. The van der Waals surface area contributed by atoms with E-state index < -0.39 is 0 Å². The predicted molar refractivity (Wildman–Crippen MR) is 171 cm³/mol. The lowest BCUT2D eigenvalue weighted by Gasteiger charge is -2.40. The van der Waals surface area contributed by atoms with Crippen molar-refractivity contribution in [3.05, 3.63) is 82.1 Å². The fourth-order valence-electron chi connectivity index (χ4n) is 6.42. The van der Waals surface area contributed by atoms with Gasteiger partial charge in [-0.3, -0.25) is 14.3 Å². The maximum atomic E-state index is 14.3. The average Bonchev–Trinajstić information content (AvgIpc) is 2.97. The number of piperazine rings is 1. The second-order valence-electron chi connectivity index (χ2n) is 11.6. The zero-order valence-corrected chi connectivity index (χ0v) is 25.9. The third-order valence-corrected chi connectivity index (χ3v) is 8.91. The highest BCUT2D eigenvalue weighted by Gasteiger charge is 2.33. The Morgan fingerprint density at radius 2 is 1.95 bits per heavy atom. The Labute approximate surface area is 248 Å². The van der Waals surface area contributed by atoms with E-state index in [2.05, 4.69) is 66.6 Å². The van der Waals surface area contributed by atoms with Crippen LogP contribution in [0.1, 0.15) is 49.1 Å². The van der Waals surface area contributed by atoms with Crippen molar-refractivity contribution in [3.63, 3.8) is 0 Å². The number of ether oxygens (including phenoxy) is 1. The number of hydrogen-bond acceptors (Lipinski definition) is 6. The number of pyridine rings is 1. The van der Waals surface area contributed by atoms with Gasteiger partial charge in [0.1, 0.15) is 17.9 Å². The van der Waals surface area contributed by atoms with Gasteiger partial charge < -0.3 is 14.5 Å². The van der Waals surface area contributed by atoms with E-state index in [1.54, 1.807) is 15.7 Å². The fourth-order valence-corrected chi connectivity index (χ4v) is 6.87. The summed E-state index contributed by atoms with van der Waals surface area (Å²) >= 11 is 0. The summed E-state index contributed by atoms with van der Waals surface area (Å²) in [6.07, 6.45) is 3.15. The summed E-state index contributed by atoms with van der Waals surface area (Å²) in [5.41, 5.74) is 7.09. The number of nitrogens with zero attached hydrogens (tertiary/aromatic N) is 5. The van der Waals surface area contributed by atoms with E-state index in [4.69, 9.17) is 14.7 Å². The van der Waals surface area contributed by atoms with Crippen LogP contribution in [0.15, 0.2) is 54.0 Å². The molecule has 0 spiro atoms. The smallest absolute Gasteiger partial charge is 0.354 e. The van der Waals surface area contributed by atoms with Gasteiger partial charge in [-0.05, 0) is 72.5 Å². The van der Waals surface area contributed by atoms with Crippen molar-refractivity contribution in [3.8, 4) is 22.6 Å². The zero-order valence-electron chi connectivity index (χ0n) is 24.8. The molecule has 1 fully saturated rings. The van der Waals surface area contributed by atoms with Gasteiger partial charge in [0.2, 0.25) is 5.91 Å². The van der Waals surface area contributed by atoms with Crippen LogP contribution in [-0.2, 0) is 11.4 Å². The quantitative estimate of drug-likeness (QED) is 0.254. The van der Waals surface area contributed by atoms with E-state index in [9.17, 15) is 9.59 Å². The van der Waals surface area contributed by atoms with Gasteiger partial charge in [0.05, 0.1) is 11.4 Å². The number of aromatic nitrogens is 3. The molecule has 216 valence electrons. The number of carbonyl (C=O) groups is 1. The van der Waals surface area contributed by atoms with Crippen molar-refractivity contribution in [1.29, 1.82) is 0 Å². The minimum absolute atomic E-state index is 0.0587. The summed E-state index contributed by atoms with van der Waals surface area (Å²) < 4.78 is 8.30. The van der Waals surface area contributed by atoms with E-state index in [0.29, 0.717) is 43.3 Å². The second-order valence-corrected chi connectivity index (χ2v) is 12.2. The van der Waals surface area contributed by atoms with Crippen LogP contribution in [0.2, 0.25) is 0 Å². The Balaban J connectivity index is 1.70. The third kappa shape index (κ3) is 4.40. The first-order valence-electron chi connectivity index (χ1n) is 14.4. The molecular weight excluding hydrogens is 545 g/mol. The average molecular weight is 582 g/mol. The van der Waals surface area contributed by atoms with Crippen LogP contribution in [0.25, 0.3) is 27.7 Å². The molecule has 8 nitrogen and oxygen atoms in total. The van der Waals surface area contributed by atoms with Gasteiger partial charge in [-0.1, -0.05) is 38.6 Å². The molecule has 9 heteroatoms. The molecule has 0 N–H and O–H groups in total. The Hall–Kier alpha value is -4.03. The van der Waals surface area contributed by atoms with Gasteiger partial charge in [0.25, 0.3) is 0 Å². The van der Waals surface area contributed by atoms with Gasteiger partial charge in [0, 0.05) is 42.8 Å². The largest absolute Gasteiger partial charge is 0.486 e.